The van der Waals surface area contributed by atoms with Gasteiger partial charge in [-0.1, -0.05) is 18.6 Å². The zero-order valence-corrected chi connectivity index (χ0v) is 8.78. The predicted molar refractivity (Wildman–Crippen MR) is 56.2 cm³/mol. The lowest BCUT2D eigenvalue weighted by atomic mass is 10.1. The van der Waals surface area contributed by atoms with Crippen LogP contribution in [0.4, 0.5) is 0 Å². The van der Waals surface area contributed by atoms with Crippen LogP contribution in [0.1, 0.15) is 47.0 Å². The molecule has 0 aromatic heterocycles. The van der Waals surface area contributed by atoms with Crippen LogP contribution in [0.2, 0.25) is 0 Å². The van der Waals surface area contributed by atoms with Gasteiger partial charge in [0.1, 0.15) is 0 Å². The van der Waals surface area contributed by atoms with Crippen LogP contribution in [-0.2, 0) is 0 Å². The topological polar surface area (TPSA) is 0 Å². The summed E-state index contributed by atoms with van der Waals surface area (Å²) in [5.41, 5.74) is 5.95. The summed E-state index contributed by atoms with van der Waals surface area (Å²) in [4.78, 5) is 0. The Morgan fingerprint density at radius 2 is 1.92 bits per heavy atom. The van der Waals surface area contributed by atoms with E-state index < -0.39 is 0 Å². The van der Waals surface area contributed by atoms with Crippen LogP contribution < -0.4 is 0 Å². The minimum Gasteiger partial charge on any atom is -0.127 e. The second-order valence-electron chi connectivity index (χ2n) is 3.35. The first-order valence-corrected chi connectivity index (χ1v) is 4.70. The Balaban J connectivity index is 3.71. The maximum Gasteiger partial charge on any atom is -0.0237 e. The zero-order valence-electron chi connectivity index (χ0n) is 8.78. The molecule has 0 saturated heterocycles. The average molecular weight is 164 g/mol. The summed E-state index contributed by atoms with van der Waals surface area (Å²) in [6.07, 6.45) is 7.86. The average Bonchev–Trinajstić information content (AvgIpc) is 1.98. The molecule has 0 bridgehead atoms. The van der Waals surface area contributed by atoms with E-state index in [1.165, 1.54) is 17.6 Å². The Labute approximate surface area is 76.7 Å². The first kappa shape index (κ1) is 11.3. The van der Waals surface area contributed by atoms with E-state index in [4.69, 9.17) is 0 Å². The maximum absolute atomic E-state index is 3.21. The molecule has 0 atom stereocenters. The summed E-state index contributed by atoms with van der Waals surface area (Å²) in [5.74, 6) is 0. The summed E-state index contributed by atoms with van der Waals surface area (Å²) in [6, 6.07) is 0. The van der Waals surface area contributed by atoms with E-state index in [1.54, 1.807) is 0 Å². The van der Waals surface area contributed by atoms with E-state index in [1.807, 2.05) is 0 Å². The van der Waals surface area contributed by atoms with Gasteiger partial charge in [0, 0.05) is 0 Å². The van der Waals surface area contributed by atoms with Crippen molar-refractivity contribution in [2.45, 2.75) is 47.0 Å². The van der Waals surface area contributed by atoms with Crippen LogP contribution in [0.15, 0.2) is 29.0 Å². The number of allylic oxidation sites excluding steroid dienone is 3. The summed E-state index contributed by atoms with van der Waals surface area (Å²) in [7, 11) is 0. The molecule has 0 aliphatic rings. The normalized spacial score (nSPS) is 10.8. The lowest BCUT2D eigenvalue weighted by Crippen LogP contribution is -1.74. The Morgan fingerprint density at radius 1 is 1.25 bits per heavy atom. The molecule has 0 heterocycles. The van der Waals surface area contributed by atoms with Crippen molar-refractivity contribution in [2.24, 2.45) is 0 Å². The molecule has 0 N–H and O–H groups in total. The Bertz CT molecular complexity index is 196. The molecular formula is C12H20. The molecule has 0 aliphatic carbocycles. The van der Waals surface area contributed by atoms with Crippen LogP contribution in [0.5, 0.6) is 0 Å². The molecule has 0 fully saturated rings. The Kier molecular flexibility index (Phi) is 6.51. The van der Waals surface area contributed by atoms with Gasteiger partial charge in [0.15, 0.2) is 0 Å². The van der Waals surface area contributed by atoms with E-state index >= 15 is 0 Å². The highest BCUT2D eigenvalue weighted by Crippen LogP contribution is 2.05. The SMILES string of the molecule is CC/C=C(\C)CCC=C=C(C)C. The number of hydrogen-bond donors (Lipinski definition) is 0. The van der Waals surface area contributed by atoms with Gasteiger partial charge in [0.25, 0.3) is 0 Å². The van der Waals surface area contributed by atoms with Crippen molar-refractivity contribution in [3.63, 3.8) is 0 Å². The molecule has 0 heteroatoms. The second kappa shape index (κ2) is 6.94. The van der Waals surface area contributed by atoms with Crippen LogP contribution in [0.25, 0.3) is 0 Å². The largest absolute Gasteiger partial charge is 0.127 e. The molecule has 0 aromatic carbocycles. The van der Waals surface area contributed by atoms with Gasteiger partial charge in [0.2, 0.25) is 0 Å². The Hall–Kier alpha value is -0.740. The third kappa shape index (κ3) is 7.37. The fourth-order valence-corrected chi connectivity index (χ4v) is 1.03. The zero-order chi connectivity index (χ0) is 9.40. The van der Waals surface area contributed by atoms with Gasteiger partial charge in [-0.2, -0.15) is 0 Å². The summed E-state index contributed by atoms with van der Waals surface area (Å²) in [6.45, 7) is 8.52. The van der Waals surface area contributed by atoms with Crippen molar-refractivity contribution in [1.82, 2.24) is 0 Å². The van der Waals surface area contributed by atoms with E-state index in [0.29, 0.717) is 0 Å². The Morgan fingerprint density at radius 3 is 2.42 bits per heavy atom. The standard InChI is InChI=1S/C12H20/c1-5-8-12(4)10-7-6-9-11(2)3/h6,8H,5,7,10H2,1-4H3/b12-8+. The van der Waals surface area contributed by atoms with Crippen molar-refractivity contribution in [3.05, 3.63) is 29.0 Å². The van der Waals surface area contributed by atoms with Crippen molar-refractivity contribution in [1.29, 1.82) is 0 Å². The van der Waals surface area contributed by atoms with Gasteiger partial charge < -0.3 is 0 Å². The van der Waals surface area contributed by atoms with E-state index in [0.717, 1.165) is 12.8 Å². The summed E-state index contributed by atoms with van der Waals surface area (Å²) < 4.78 is 0. The molecule has 0 amide bonds. The third-order valence-electron chi connectivity index (χ3n) is 1.63. The summed E-state index contributed by atoms with van der Waals surface area (Å²) in [5, 5.41) is 0. The van der Waals surface area contributed by atoms with Crippen molar-refractivity contribution in [2.75, 3.05) is 0 Å². The molecule has 12 heavy (non-hydrogen) atoms. The molecule has 0 aliphatic heterocycles. The van der Waals surface area contributed by atoms with Crippen LogP contribution in [-0.4, -0.2) is 0 Å². The first-order chi connectivity index (χ1) is 5.66. The predicted octanol–water partition coefficient (Wildman–Crippen LogP) is 4.24. The fraction of sp³-hybridized carbons (Fsp3) is 0.583. The van der Waals surface area contributed by atoms with Gasteiger partial charge in [-0.05, 0) is 51.7 Å². The lowest BCUT2D eigenvalue weighted by molar-refractivity contribution is 0.961. The van der Waals surface area contributed by atoms with Gasteiger partial charge in [-0.15, -0.1) is 5.73 Å². The minimum absolute atomic E-state index is 1.12. The van der Waals surface area contributed by atoms with Crippen molar-refractivity contribution >= 4 is 0 Å². The smallest absolute Gasteiger partial charge is 0.0237 e. The highest BCUT2D eigenvalue weighted by Gasteiger charge is 1.85. The van der Waals surface area contributed by atoms with Gasteiger partial charge in [0.05, 0.1) is 0 Å². The second-order valence-corrected chi connectivity index (χ2v) is 3.35. The highest BCUT2D eigenvalue weighted by molar-refractivity contribution is 5.00. The van der Waals surface area contributed by atoms with Gasteiger partial charge >= 0.3 is 0 Å². The number of rotatable bonds is 4. The maximum atomic E-state index is 3.21. The molecule has 0 aromatic rings. The molecule has 0 spiro atoms. The van der Waals surface area contributed by atoms with Crippen LogP contribution >= 0.6 is 0 Å². The molecule has 0 radical (unpaired) electrons. The quantitative estimate of drug-likeness (QED) is 0.430. The summed E-state index contributed by atoms with van der Waals surface area (Å²) >= 11 is 0. The van der Waals surface area contributed by atoms with Crippen molar-refractivity contribution in [3.8, 4) is 0 Å². The molecule has 0 saturated carbocycles. The molecule has 0 nitrogen and oxygen atoms in total. The van der Waals surface area contributed by atoms with Gasteiger partial charge in [-0.3, -0.25) is 0 Å². The van der Waals surface area contributed by atoms with Crippen molar-refractivity contribution < 1.29 is 0 Å². The fourth-order valence-electron chi connectivity index (χ4n) is 1.03. The van der Waals surface area contributed by atoms with E-state index in [9.17, 15) is 0 Å². The lowest BCUT2D eigenvalue weighted by Gasteiger charge is -1.94. The molecule has 0 unspecified atom stereocenters. The van der Waals surface area contributed by atoms with Crippen LogP contribution in [0, 0.1) is 0 Å². The van der Waals surface area contributed by atoms with E-state index in [2.05, 4.69) is 45.6 Å². The van der Waals surface area contributed by atoms with Gasteiger partial charge in [-0.25, -0.2) is 0 Å². The molecule has 68 valence electrons. The third-order valence-corrected chi connectivity index (χ3v) is 1.63. The molecule has 0 rings (SSSR count). The highest BCUT2D eigenvalue weighted by atomic mass is 13.9. The first-order valence-electron chi connectivity index (χ1n) is 4.70. The monoisotopic (exact) mass is 164 g/mol. The minimum atomic E-state index is 1.12. The van der Waals surface area contributed by atoms with E-state index in [-0.39, 0.29) is 0 Å². The van der Waals surface area contributed by atoms with Crippen LogP contribution in [0.3, 0.4) is 0 Å². The number of hydrogen-bond acceptors (Lipinski definition) is 0. The molecular weight excluding hydrogens is 144 g/mol.